The van der Waals surface area contributed by atoms with Crippen LogP contribution < -0.4 is 15.0 Å². The number of piperidine rings is 1. The van der Waals surface area contributed by atoms with Crippen LogP contribution in [-0.4, -0.2) is 46.5 Å². The number of rotatable bonds is 5. The molecule has 0 aliphatic carbocycles. The number of hydrogen-bond donors (Lipinski definition) is 2. The van der Waals surface area contributed by atoms with E-state index in [1.165, 1.54) is 6.07 Å². The standard InChI is InChI=1S/C20H25FN5OP.CH2O2/c1-12-4-5-18(16(21)10-12)27-15-6-8-26(9-7-15)20-19(24-14(3)28)23-13(2)17(11-22)25-20;2-1-3/h4-5,10,14-15H,6-9,28H2,1-3H3,(H,23,24);1H,(H,2,3). The lowest BCUT2D eigenvalue weighted by atomic mass is 10.1. The summed E-state index contributed by atoms with van der Waals surface area (Å²) in [6.07, 6.45) is 1.42. The normalized spacial score (nSPS) is 14.6. The monoisotopic (exact) mass is 447 g/mol. The van der Waals surface area contributed by atoms with Crippen molar-refractivity contribution < 1.29 is 19.0 Å². The van der Waals surface area contributed by atoms with Crippen molar-refractivity contribution in [1.29, 1.82) is 5.26 Å². The highest BCUT2D eigenvalue weighted by Gasteiger charge is 2.25. The van der Waals surface area contributed by atoms with Gasteiger partial charge in [-0.2, -0.15) is 5.26 Å². The van der Waals surface area contributed by atoms with Crippen LogP contribution in [0.4, 0.5) is 16.0 Å². The lowest BCUT2D eigenvalue weighted by Crippen LogP contribution is -2.39. The van der Waals surface area contributed by atoms with E-state index >= 15 is 0 Å². The molecule has 2 N–H and O–H groups in total. The van der Waals surface area contributed by atoms with Crippen LogP contribution in [0.15, 0.2) is 18.2 Å². The van der Waals surface area contributed by atoms with Gasteiger partial charge in [-0.25, -0.2) is 14.4 Å². The van der Waals surface area contributed by atoms with E-state index in [2.05, 4.69) is 35.5 Å². The van der Waals surface area contributed by atoms with Crippen LogP contribution in [0.5, 0.6) is 5.75 Å². The average Bonchev–Trinajstić information content (AvgIpc) is 2.71. The van der Waals surface area contributed by atoms with Gasteiger partial charge in [-0.05, 0) is 38.5 Å². The Morgan fingerprint density at radius 3 is 2.58 bits per heavy atom. The van der Waals surface area contributed by atoms with Gasteiger partial charge < -0.3 is 20.1 Å². The lowest BCUT2D eigenvalue weighted by Gasteiger charge is -2.34. The van der Waals surface area contributed by atoms with E-state index in [0.717, 1.165) is 18.4 Å². The van der Waals surface area contributed by atoms with Crippen molar-refractivity contribution in [1.82, 2.24) is 9.97 Å². The zero-order valence-corrected chi connectivity index (χ0v) is 19.0. The molecule has 1 aliphatic rings. The number of nitrogens with one attached hydrogen (secondary N) is 1. The number of aryl methyl sites for hydroxylation is 2. The fraction of sp³-hybridized carbons (Fsp3) is 0.429. The zero-order valence-electron chi connectivity index (χ0n) is 17.8. The van der Waals surface area contributed by atoms with Crippen molar-refractivity contribution in [2.45, 2.75) is 45.5 Å². The Morgan fingerprint density at radius 2 is 2.03 bits per heavy atom. The van der Waals surface area contributed by atoms with Gasteiger partial charge in [0, 0.05) is 31.7 Å². The van der Waals surface area contributed by atoms with E-state index in [1.807, 2.05) is 19.9 Å². The second-order valence-electron chi connectivity index (χ2n) is 7.22. The van der Waals surface area contributed by atoms with E-state index in [9.17, 15) is 9.65 Å². The van der Waals surface area contributed by atoms with Crippen LogP contribution in [0.3, 0.4) is 0 Å². The van der Waals surface area contributed by atoms with Crippen molar-refractivity contribution in [3.05, 3.63) is 41.0 Å². The molecular weight excluding hydrogens is 420 g/mol. The van der Waals surface area contributed by atoms with Crippen LogP contribution in [0, 0.1) is 31.0 Å². The molecule has 1 aromatic heterocycles. The van der Waals surface area contributed by atoms with Crippen molar-refractivity contribution in [2.24, 2.45) is 0 Å². The predicted octanol–water partition coefficient (Wildman–Crippen LogP) is 3.49. The molecule has 0 amide bonds. The third-order valence-electron chi connectivity index (χ3n) is 4.64. The average molecular weight is 447 g/mol. The second-order valence-corrected chi connectivity index (χ2v) is 8.22. The minimum Gasteiger partial charge on any atom is -0.487 e. The fourth-order valence-electron chi connectivity index (χ4n) is 3.22. The minimum atomic E-state index is -0.327. The van der Waals surface area contributed by atoms with Gasteiger partial charge in [0.15, 0.2) is 28.9 Å². The van der Waals surface area contributed by atoms with Gasteiger partial charge in [-0.3, -0.25) is 4.79 Å². The summed E-state index contributed by atoms with van der Waals surface area (Å²) in [7, 11) is 2.67. The summed E-state index contributed by atoms with van der Waals surface area (Å²) in [5, 5.41) is 19.5. The van der Waals surface area contributed by atoms with Crippen LogP contribution >= 0.6 is 9.24 Å². The number of nitriles is 1. The number of anilines is 2. The summed E-state index contributed by atoms with van der Waals surface area (Å²) in [6, 6.07) is 7.12. The molecule has 1 aromatic carbocycles. The second kappa shape index (κ2) is 11.4. The number of halogens is 1. The lowest BCUT2D eigenvalue weighted by molar-refractivity contribution is -0.122. The first-order valence-corrected chi connectivity index (χ1v) is 10.5. The first kappa shape index (κ1) is 24.3. The van der Waals surface area contributed by atoms with Gasteiger partial charge in [-0.1, -0.05) is 6.07 Å². The molecule has 1 aliphatic heterocycles. The highest BCUT2D eigenvalue weighted by atomic mass is 31.0. The van der Waals surface area contributed by atoms with Crippen molar-refractivity contribution >= 4 is 27.3 Å². The Morgan fingerprint density at radius 1 is 1.39 bits per heavy atom. The Bertz CT molecular complexity index is 943. The van der Waals surface area contributed by atoms with Crippen LogP contribution in [0.25, 0.3) is 0 Å². The molecule has 2 unspecified atom stereocenters. The molecular formula is C21H27FN5O3P. The number of carbonyl (C=O) groups is 1. The molecule has 0 saturated carbocycles. The van der Waals surface area contributed by atoms with Crippen molar-refractivity contribution in [3.63, 3.8) is 0 Å². The van der Waals surface area contributed by atoms with Gasteiger partial charge in [0.25, 0.3) is 6.47 Å². The van der Waals surface area contributed by atoms with Gasteiger partial charge >= 0.3 is 0 Å². The summed E-state index contributed by atoms with van der Waals surface area (Å²) in [5.41, 5.74) is 1.80. The zero-order chi connectivity index (χ0) is 23.0. The molecule has 1 saturated heterocycles. The maximum atomic E-state index is 14.0. The summed E-state index contributed by atoms with van der Waals surface area (Å²) in [6.45, 7) is 6.77. The maximum absolute atomic E-state index is 14.0. The highest BCUT2D eigenvalue weighted by molar-refractivity contribution is 7.17. The van der Waals surface area contributed by atoms with Gasteiger partial charge in [0.05, 0.1) is 5.69 Å². The van der Waals surface area contributed by atoms with E-state index in [-0.39, 0.29) is 24.2 Å². The van der Waals surface area contributed by atoms with Crippen molar-refractivity contribution in [3.8, 4) is 11.8 Å². The summed E-state index contributed by atoms with van der Waals surface area (Å²) in [5.74, 6) is 1.43. The summed E-state index contributed by atoms with van der Waals surface area (Å²) >= 11 is 0. The molecule has 3 rings (SSSR count). The quantitative estimate of drug-likeness (QED) is 0.529. The predicted molar refractivity (Wildman–Crippen MR) is 120 cm³/mol. The molecule has 10 heteroatoms. The van der Waals surface area contributed by atoms with E-state index in [0.29, 0.717) is 41.9 Å². The van der Waals surface area contributed by atoms with Gasteiger partial charge in [0.1, 0.15) is 12.2 Å². The Balaban J connectivity index is 0.00000107. The molecule has 166 valence electrons. The summed E-state index contributed by atoms with van der Waals surface area (Å²) < 4.78 is 19.9. The molecule has 2 heterocycles. The number of nitrogens with zero attached hydrogens (tertiary/aromatic N) is 4. The smallest absolute Gasteiger partial charge is 0.290 e. The van der Waals surface area contributed by atoms with Crippen molar-refractivity contribution in [2.75, 3.05) is 23.3 Å². The molecule has 1 fully saturated rings. The third-order valence-corrected chi connectivity index (χ3v) is 4.81. The molecule has 2 aromatic rings. The topological polar surface area (TPSA) is 111 Å². The highest BCUT2D eigenvalue weighted by Crippen LogP contribution is 2.29. The number of carboxylic acid groups (broad SMARTS) is 1. The molecule has 0 radical (unpaired) electrons. The van der Waals surface area contributed by atoms with Crippen LogP contribution in [0.1, 0.15) is 36.7 Å². The van der Waals surface area contributed by atoms with E-state index < -0.39 is 0 Å². The van der Waals surface area contributed by atoms with Crippen LogP contribution in [-0.2, 0) is 4.79 Å². The van der Waals surface area contributed by atoms with E-state index in [4.69, 9.17) is 14.6 Å². The molecule has 8 nitrogen and oxygen atoms in total. The third kappa shape index (κ3) is 6.76. The minimum absolute atomic E-state index is 0.0561. The molecule has 31 heavy (non-hydrogen) atoms. The first-order valence-electron chi connectivity index (χ1n) is 9.85. The first-order chi connectivity index (χ1) is 14.8. The Hall–Kier alpha value is -2.98. The Kier molecular flexibility index (Phi) is 8.95. The number of ether oxygens (including phenoxy) is 1. The van der Waals surface area contributed by atoms with E-state index in [1.54, 1.807) is 13.0 Å². The molecule has 0 spiro atoms. The maximum Gasteiger partial charge on any atom is 0.290 e. The number of aromatic nitrogens is 2. The number of hydrogen-bond acceptors (Lipinski definition) is 7. The van der Waals surface area contributed by atoms with Crippen LogP contribution in [0.2, 0.25) is 0 Å². The van der Waals surface area contributed by atoms with Gasteiger partial charge in [0.2, 0.25) is 0 Å². The largest absolute Gasteiger partial charge is 0.487 e. The van der Waals surface area contributed by atoms with Gasteiger partial charge in [-0.15, -0.1) is 9.24 Å². The number of benzene rings is 1. The Labute approximate surface area is 183 Å². The summed E-state index contributed by atoms with van der Waals surface area (Å²) in [4.78, 5) is 19.5. The molecule has 0 bridgehead atoms. The SMILES string of the molecule is Cc1ccc(OC2CCN(c3nc(C#N)c(C)nc3NC(C)P)CC2)c(F)c1.O=CO. The molecule has 2 atom stereocenters. The fourth-order valence-corrected chi connectivity index (χ4v) is 3.37.